The normalized spacial score (nSPS) is 18.4. The zero-order valence-electron chi connectivity index (χ0n) is 9.93. The SMILES string of the molecule is O=C1C(c2ccccc2)N1S(=O)(=O)c1ccccc1. The molecule has 0 aliphatic carbocycles. The zero-order valence-corrected chi connectivity index (χ0v) is 10.7. The van der Waals surface area contributed by atoms with Crippen LogP contribution in [0.15, 0.2) is 65.6 Å². The van der Waals surface area contributed by atoms with Gasteiger partial charge in [-0.25, -0.2) is 12.7 Å². The van der Waals surface area contributed by atoms with Gasteiger partial charge in [-0.1, -0.05) is 48.5 Å². The Balaban J connectivity index is 1.96. The van der Waals surface area contributed by atoms with Gasteiger partial charge in [-0.15, -0.1) is 0 Å². The van der Waals surface area contributed by atoms with E-state index in [9.17, 15) is 13.2 Å². The summed E-state index contributed by atoms with van der Waals surface area (Å²) in [6, 6.07) is 16.2. The number of hydrogen-bond acceptors (Lipinski definition) is 3. The summed E-state index contributed by atoms with van der Waals surface area (Å²) in [5.74, 6) is -0.380. The minimum atomic E-state index is -3.73. The van der Waals surface area contributed by atoms with E-state index in [4.69, 9.17) is 0 Å². The second-order valence-corrected chi connectivity index (χ2v) is 6.08. The van der Waals surface area contributed by atoms with Crippen LogP contribution in [0.4, 0.5) is 0 Å². The lowest BCUT2D eigenvalue weighted by atomic mass is 10.2. The monoisotopic (exact) mass is 273 g/mol. The van der Waals surface area contributed by atoms with Gasteiger partial charge >= 0.3 is 0 Å². The first kappa shape index (κ1) is 11.9. The summed E-state index contributed by atoms with van der Waals surface area (Å²) in [4.78, 5) is 11.9. The van der Waals surface area contributed by atoms with Gasteiger partial charge in [-0.3, -0.25) is 4.79 Å². The maximum atomic E-state index is 12.3. The zero-order chi connectivity index (χ0) is 13.5. The summed E-state index contributed by atoms with van der Waals surface area (Å²) < 4.78 is 25.5. The van der Waals surface area contributed by atoms with Crippen molar-refractivity contribution < 1.29 is 13.2 Å². The van der Waals surface area contributed by atoms with E-state index in [-0.39, 0.29) is 10.8 Å². The molecule has 0 spiro atoms. The topological polar surface area (TPSA) is 54.2 Å². The third-order valence-electron chi connectivity index (χ3n) is 3.03. The van der Waals surface area contributed by atoms with Crippen molar-refractivity contribution in [1.82, 2.24) is 4.31 Å². The molecule has 2 aromatic carbocycles. The lowest BCUT2D eigenvalue weighted by Gasteiger charge is -2.05. The Labute approximate surface area is 111 Å². The highest BCUT2D eigenvalue weighted by atomic mass is 32.2. The Morgan fingerprint density at radius 1 is 0.842 bits per heavy atom. The van der Waals surface area contributed by atoms with Gasteiger partial charge in [0.25, 0.3) is 15.9 Å². The quantitative estimate of drug-likeness (QED) is 0.803. The van der Waals surface area contributed by atoms with Crippen molar-refractivity contribution in [2.45, 2.75) is 10.9 Å². The fraction of sp³-hybridized carbons (Fsp3) is 0.0714. The number of carbonyl (C=O) groups is 1. The summed E-state index contributed by atoms with van der Waals surface area (Å²) in [6.45, 7) is 0. The molecule has 96 valence electrons. The Morgan fingerprint density at radius 2 is 1.37 bits per heavy atom. The molecular formula is C14H11NO3S. The van der Waals surface area contributed by atoms with Crippen molar-refractivity contribution in [3.8, 4) is 0 Å². The van der Waals surface area contributed by atoms with Crippen LogP contribution in [-0.4, -0.2) is 18.6 Å². The van der Waals surface area contributed by atoms with Gasteiger partial charge in [-0.2, -0.15) is 0 Å². The number of benzene rings is 2. The number of nitrogens with zero attached hydrogens (tertiary/aromatic N) is 1. The molecule has 19 heavy (non-hydrogen) atoms. The van der Waals surface area contributed by atoms with Crippen LogP contribution in [0, 0.1) is 0 Å². The molecular weight excluding hydrogens is 262 g/mol. The summed E-state index contributed by atoms with van der Waals surface area (Å²) in [6.07, 6.45) is 0. The van der Waals surface area contributed by atoms with Crippen molar-refractivity contribution in [2.24, 2.45) is 0 Å². The van der Waals surface area contributed by atoms with Crippen molar-refractivity contribution >= 4 is 15.9 Å². The summed E-state index contributed by atoms with van der Waals surface area (Å²) in [5.41, 5.74) is 0.701. The van der Waals surface area contributed by atoms with Crippen molar-refractivity contribution in [3.63, 3.8) is 0 Å². The standard InChI is InChI=1S/C14H11NO3S/c16-14-13(11-7-3-1-4-8-11)15(14)19(17,18)12-9-5-2-6-10-12/h1-10,13H. The van der Waals surface area contributed by atoms with E-state index in [1.54, 1.807) is 42.5 Å². The van der Waals surface area contributed by atoms with Crippen LogP contribution in [0.3, 0.4) is 0 Å². The highest BCUT2D eigenvalue weighted by Crippen LogP contribution is 2.41. The van der Waals surface area contributed by atoms with Crippen LogP contribution in [0.5, 0.6) is 0 Å². The largest absolute Gasteiger partial charge is 0.271 e. The van der Waals surface area contributed by atoms with E-state index >= 15 is 0 Å². The lowest BCUT2D eigenvalue weighted by molar-refractivity contribution is -0.112. The second kappa shape index (κ2) is 4.20. The molecule has 5 heteroatoms. The molecule has 1 aliphatic rings. The smallest absolute Gasteiger partial charge is 0.267 e. The highest BCUT2D eigenvalue weighted by molar-refractivity contribution is 7.90. The van der Waals surface area contributed by atoms with Crippen LogP contribution in [0.1, 0.15) is 11.6 Å². The Bertz CT molecular complexity index is 711. The molecule has 0 bridgehead atoms. The first-order valence-corrected chi connectivity index (χ1v) is 7.24. The van der Waals surface area contributed by atoms with E-state index in [1.165, 1.54) is 12.1 Å². The molecule has 1 atom stereocenters. The molecule has 1 saturated heterocycles. The van der Waals surface area contributed by atoms with E-state index in [2.05, 4.69) is 0 Å². The maximum absolute atomic E-state index is 12.3. The van der Waals surface area contributed by atoms with E-state index < -0.39 is 16.1 Å². The first-order valence-electron chi connectivity index (χ1n) is 5.80. The van der Waals surface area contributed by atoms with E-state index in [1.807, 2.05) is 6.07 Å². The third kappa shape index (κ3) is 1.92. The minimum Gasteiger partial charge on any atom is -0.271 e. The van der Waals surface area contributed by atoms with Crippen LogP contribution < -0.4 is 0 Å². The predicted molar refractivity (Wildman–Crippen MR) is 69.7 cm³/mol. The molecule has 1 heterocycles. The van der Waals surface area contributed by atoms with Crippen molar-refractivity contribution in [2.75, 3.05) is 0 Å². The van der Waals surface area contributed by atoms with Gasteiger partial charge in [0.05, 0.1) is 4.90 Å². The van der Waals surface area contributed by atoms with Crippen molar-refractivity contribution in [1.29, 1.82) is 0 Å². The second-order valence-electron chi connectivity index (χ2n) is 4.27. The van der Waals surface area contributed by atoms with Crippen LogP contribution in [0.2, 0.25) is 0 Å². The maximum Gasteiger partial charge on any atom is 0.267 e. The summed E-state index contributed by atoms with van der Waals surface area (Å²) in [5, 5.41) is 0. The fourth-order valence-electron chi connectivity index (χ4n) is 2.04. The van der Waals surface area contributed by atoms with Gasteiger partial charge in [0.1, 0.15) is 0 Å². The molecule has 4 nitrogen and oxygen atoms in total. The fourth-order valence-corrected chi connectivity index (χ4v) is 3.55. The van der Waals surface area contributed by atoms with Gasteiger partial charge in [0, 0.05) is 0 Å². The first-order chi connectivity index (χ1) is 9.12. The average molecular weight is 273 g/mol. The Morgan fingerprint density at radius 3 is 1.95 bits per heavy atom. The molecule has 0 saturated carbocycles. The summed E-state index contributed by atoms with van der Waals surface area (Å²) in [7, 11) is -3.73. The summed E-state index contributed by atoms with van der Waals surface area (Å²) >= 11 is 0. The van der Waals surface area contributed by atoms with E-state index in [0.717, 1.165) is 4.31 Å². The number of rotatable bonds is 3. The van der Waals surface area contributed by atoms with Crippen LogP contribution >= 0.6 is 0 Å². The Hall–Kier alpha value is -2.14. The van der Waals surface area contributed by atoms with Gasteiger partial charge in [0.2, 0.25) is 0 Å². The number of amides is 1. The number of carbonyl (C=O) groups excluding carboxylic acids is 1. The van der Waals surface area contributed by atoms with Crippen LogP contribution in [0.25, 0.3) is 0 Å². The molecule has 0 aromatic heterocycles. The molecule has 2 aromatic rings. The third-order valence-corrected chi connectivity index (χ3v) is 4.81. The van der Waals surface area contributed by atoms with Gasteiger partial charge in [0.15, 0.2) is 6.04 Å². The predicted octanol–water partition coefficient (Wildman–Crippen LogP) is 1.96. The van der Waals surface area contributed by atoms with Gasteiger partial charge < -0.3 is 0 Å². The number of hydrogen-bond donors (Lipinski definition) is 0. The minimum absolute atomic E-state index is 0.141. The van der Waals surface area contributed by atoms with Crippen LogP contribution in [-0.2, 0) is 14.8 Å². The molecule has 0 radical (unpaired) electrons. The highest BCUT2D eigenvalue weighted by Gasteiger charge is 2.55. The Kier molecular flexibility index (Phi) is 2.64. The molecule has 3 rings (SSSR count). The molecule has 1 amide bonds. The van der Waals surface area contributed by atoms with Gasteiger partial charge in [-0.05, 0) is 17.7 Å². The lowest BCUT2D eigenvalue weighted by Crippen LogP contribution is -2.13. The van der Waals surface area contributed by atoms with E-state index in [0.29, 0.717) is 5.56 Å². The molecule has 0 N–H and O–H groups in total. The molecule has 1 fully saturated rings. The number of sulfonamides is 1. The molecule has 1 aliphatic heterocycles. The van der Waals surface area contributed by atoms with Crippen molar-refractivity contribution in [3.05, 3.63) is 66.2 Å². The average Bonchev–Trinajstić information content (AvgIpc) is 3.13. The molecule has 1 unspecified atom stereocenters.